The molecule has 0 aromatic heterocycles. The lowest BCUT2D eigenvalue weighted by molar-refractivity contribution is 0.134. The van der Waals surface area contributed by atoms with Crippen LogP contribution in [0.1, 0.15) is 5.56 Å². The topological polar surface area (TPSA) is 29.5 Å². The van der Waals surface area contributed by atoms with Gasteiger partial charge in [-0.05, 0) is 17.7 Å². The molecule has 1 aromatic carbocycles. The van der Waals surface area contributed by atoms with E-state index in [4.69, 9.17) is 21.4 Å². The molecule has 0 bridgehead atoms. The van der Waals surface area contributed by atoms with Crippen LogP contribution in [0.2, 0.25) is 5.02 Å². The summed E-state index contributed by atoms with van der Waals surface area (Å²) in [5.74, 6) is 0.807. The summed E-state index contributed by atoms with van der Waals surface area (Å²) in [4.78, 5) is 0. The Hall–Kier alpha value is -0.730. The molecule has 64 valence electrons. The monoisotopic (exact) mass is 184 g/mol. The fourth-order valence-electron chi connectivity index (χ4n) is 1.38. The highest BCUT2D eigenvalue weighted by molar-refractivity contribution is 6.30. The minimum Gasteiger partial charge on any atom is -0.487 e. The number of ether oxygens (including phenoxy) is 1. The minimum absolute atomic E-state index is 0.0618. The van der Waals surface area contributed by atoms with E-state index < -0.39 is 0 Å². The molecule has 2 rings (SSSR count). The second kappa shape index (κ2) is 2.96. The lowest BCUT2D eigenvalue weighted by atomic mass is 10.1. The Morgan fingerprint density at radius 1 is 1.58 bits per heavy atom. The summed E-state index contributed by atoms with van der Waals surface area (Å²) in [5.41, 5.74) is 1.12. The van der Waals surface area contributed by atoms with Crippen LogP contribution in [0.25, 0.3) is 0 Å². The van der Waals surface area contributed by atoms with E-state index >= 15 is 0 Å². The third kappa shape index (κ3) is 1.28. The molecule has 1 aliphatic rings. The molecule has 0 saturated carbocycles. The highest BCUT2D eigenvalue weighted by Crippen LogP contribution is 2.30. The van der Waals surface area contributed by atoms with Crippen LogP contribution in [0.4, 0.5) is 0 Å². The number of halogens is 1. The van der Waals surface area contributed by atoms with Gasteiger partial charge in [-0.25, -0.2) is 0 Å². The van der Waals surface area contributed by atoms with Gasteiger partial charge < -0.3 is 9.84 Å². The van der Waals surface area contributed by atoms with Crippen molar-refractivity contribution in [2.75, 3.05) is 6.61 Å². The quantitative estimate of drug-likeness (QED) is 0.719. The molecule has 0 spiro atoms. The summed E-state index contributed by atoms with van der Waals surface area (Å²) in [5, 5.41) is 9.52. The van der Waals surface area contributed by atoms with Gasteiger partial charge in [-0.1, -0.05) is 17.7 Å². The molecule has 1 heterocycles. The lowest BCUT2D eigenvalue weighted by Gasteiger charge is -2.04. The van der Waals surface area contributed by atoms with Crippen molar-refractivity contribution in [2.24, 2.45) is 0 Å². The summed E-state index contributed by atoms with van der Waals surface area (Å²) in [6.45, 7) is 0.0618. The summed E-state index contributed by atoms with van der Waals surface area (Å²) in [6.07, 6.45) is 0.696. The Balaban J connectivity index is 2.30. The van der Waals surface area contributed by atoms with Crippen molar-refractivity contribution in [3.05, 3.63) is 28.8 Å². The van der Waals surface area contributed by atoms with Gasteiger partial charge in [0.05, 0.1) is 6.61 Å². The number of fused-ring (bicyclic) bond motifs is 1. The first-order valence-electron chi connectivity index (χ1n) is 3.85. The van der Waals surface area contributed by atoms with E-state index in [1.807, 2.05) is 12.1 Å². The molecule has 2 nitrogen and oxygen atoms in total. The average Bonchev–Trinajstić information content (AvgIpc) is 2.46. The number of benzene rings is 1. The second-order valence-corrected chi connectivity index (χ2v) is 3.32. The Morgan fingerprint density at radius 3 is 3.17 bits per heavy atom. The largest absolute Gasteiger partial charge is 0.487 e. The minimum atomic E-state index is -0.0848. The molecule has 12 heavy (non-hydrogen) atoms. The van der Waals surface area contributed by atoms with E-state index in [0.717, 1.165) is 17.7 Å². The third-order valence-corrected chi connectivity index (χ3v) is 2.21. The van der Waals surface area contributed by atoms with Crippen molar-refractivity contribution < 1.29 is 9.84 Å². The van der Waals surface area contributed by atoms with E-state index in [-0.39, 0.29) is 12.7 Å². The van der Waals surface area contributed by atoms with Crippen LogP contribution in [-0.2, 0) is 6.42 Å². The molecule has 0 aliphatic carbocycles. The Morgan fingerprint density at radius 2 is 2.42 bits per heavy atom. The highest BCUT2D eigenvalue weighted by atomic mass is 35.5. The van der Waals surface area contributed by atoms with Crippen molar-refractivity contribution in [3.63, 3.8) is 0 Å². The fraction of sp³-hybridized carbons (Fsp3) is 0.333. The number of aliphatic hydroxyl groups is 1. The van der Waals surface area contributed by atoms with Gasteiger partial charge in [-0.2, -0.15) is 0 Å². The summed E-state index contributed by atoms with van der Waals surface area (Å²) >= 11 is 5.77. The fourth-order valence-corrected chi connectivity index (χ4v) is 1.54. The van der Waals surface area contributed by atoms with Gasteiger partial charge in [-0.3, -0.25) is 0 Å². The Kier molecular flexibility index (Phi) is 1.95. The molecule has 0 fully saturated rings. The van der Waals surface area contributed by atoms with Crippen LogP contribution in [0, 0.1) is 0 Å². The first kappa shape index (κ1) is 7.90. The molecule has 3 heteroatoms. The molecule has 0 radical (unpaired) electrons. The maximum Gasteiger partial charge on any atom is 0.126 e. The van der Waals surface area contributed by atoms with Crippen molar-refractivity contribution in [2.45, 2.75) is 12.5 Å². The standard InChI is InChI=1S/C9H9ClO2/c10-7-2-1-6-3-8(5-11)12-9(6)4-7/h1-2,4,8,11H,3,5H2. The second-order valence-electron chi connectivity index (χ2n) is 2.88. The third-order valence-electron chi connectivity index (χ3n) is 1.97. The first-order valence-corrected chi connectivity index (χ1v) is 4.23. The molecule has 1 atom stereocenters. The predicted octanol–water partition coefficient (Wildman–Crippen LogP) is 1.64. The zero-order valence-electron chi connectivity index (χ0n) is 6.46. The molecular formula is C9H9ClO2. The number of aliphatic hydroxyl groups excluding tert-OH is 1. The SMILES string of the molecule is OCC1Cc2ccc(Cl)cc2O1. The number of hydrogen-bond donors (Lipinski definition) is 1. The molecule has 0 amide bonds. The van der Waals surface area contributed by atoms with E-state index in [1.54, 1.807) is 6.07 Å². The van der Waals surface area contributed by atoms with Crippen LogP contribution >= 0.6 is 11.6 Å². The van der Waals surface area contributed by atoms with Crippen molar-refractivity contribution in [1.82, 2.24) is 0 Å². The van der Waals surface area contributed by atoms with Crippen molar-refractivity contribution in [3.8, 4) is 5.75 Å². The Labute approximate surface area is 75.7 Å². The number of rotatable bonds is 1. The highest BCUT2D eigenvalue weighted by Gasteiger charge is 2.21. The molecule has 1 N–H and O–H groups in total. The van der Waals surface area contributed by atoms with E-state index in [2.05, 4.69) is 0 Å². The van der Waals surface area contributed by atoms with Crippen LogP contribution in [0.5, 0.6) is 5.75 Å². The van der Waals surface area contributed by atoms with Gasteiger partial charge in [0.25, 0.3) is 0 Å². The van der Waals surface area contributed by atoms with E-state index in [9.17, 15) is 0 Å². The van der Waals surface area contributed by atoms with Gasteiger partial charge in [-0.15, -0.1) is 0 Å². The van der Waals surface area contributed by atoms with Gasteiger partial charge in [0.1, 0.15) is 11.9 Å². The van der Waals surface area contributed by atoms with Gasteiger partial charge in [0.15, 0.2) is 0 Å². The predicted molar refractivity (Wildman–Crippen MR) is 46.7 cm³/mol. The number of hydrogen-bond acceptors (Lipinski definition) is 2. The molecular weight excluding hydrogens is 176 g/mol. The molecule has 0 saturated heterocycles. The van der Waals surface area contributed by atoms with Crippen molar-refractivity contribution >= 4 is 11.6 Å². The summed E-state index contributed by atoms with van der Waals surface area (Å²) < 4.78 is 5.40. The Bertz CT molecular complexity index is 299. The smallest absolute Gasteiger partial charge is 0.126 e. The zero-order chi connectivity index (χ0) is 8.55. The average molecular weight is 185 g/mol. The zero-order valence-corrected chi connectivity index (χ0v) is 7.21. The maximum absolute atomic E-state index is 8.85. The molecule has 1 unspecified atom stereocenters. The van der Waals surface area contributed by atoms with Gasteiger partial charge in [0, 0.05) is 11.4 Å². The van der Waals surface area contributed by atoms with Crippen molar-refractivity contribution in [1.29, 1.82) is 0 Å². The van der Waals surface area contributed by atoms with E-state index in [1.165, 1.54) is 0 Å². The van der Waals surface area contributed by atoms with Crippen LogP contribution < -0.4 is 4.74 Å². The van der Waals surface area contributed by atoms with Crippen LogP contribution in [-0.4, -0.2) is 17.8 Å². The summed E-state index contributed by atoms with van der Waals surface area (Å²) in [6, 6.07) is 5.56. The molecule has 1 aromatic rings. The van der Waals surface area contributed by atoms with Crippen LogP contribution in [0.3, 0.4) is 0 Å². The van der Waals surface area contributed by atoms with Gasteiger partial charge >= 0.3 is 0 Å². The van der Waals surface area contributed by atoms with E-state index in [0.29, 0.717) is 5.02 Å². The lowest BCUT2D eigenvalue weighted by Crippen LogP contribution is -2.17. The first-order chi connectivity index (χ1) is 5.79. The maximum atomic E-state index is 8.85. The normalized spacial score (nSPS) is 20.3. The van der Waals surface area contributed by atoms with Gasteiger partial charge in [0.2, 0.25) is 0 Å². The van der Waals surface area contributed by atoms with Crippen LogP contribution in [0.15, 0.2) is 18.2 Å². The summed E-state index contributed by atoms with van der Waals surface area (Å²) in [7, 11) is 0. The molecule has 1 aliphatic heterocycles.